The topological polar surface area (TPSA) is 82.7 Å². The molecule has 0 atom stereocenters. The van der Waals surface area contributed by atoms with Gasteiger partial charge in [0.2, 0.25) is 11.2 Å². The highest BCUT2D eigenvalue weighted by Crippen LogP contribution is 2.31. The normalized spacial score (nSPS) is 11.1. The third kappa shape index (κ3) is 3.67. The molecule has 3 N–H and O–H groups in total. The second kappa shape index (κ2) is 7.40. The Morgan fingerprint density at radius 2 is 1.84 bits per heavy atom. The number of benzene rings is 2. The van der Waals surface area contributed by atoms with Crippen LogP contribution in [0.4, 0.5) is 0 Å². The molecule has 0 bridgehead atoms. The van der Waals surface area contributed by atoms with E-state index >= 15 is 0 Å². The number of nitrogens with one attached hydrogen (secondary N) is 1. The van der Waals surface area contributed by atoms with E-state index in [9.17, 15) is 15.0 Å². The zero-order valence-electron chi connectivity index (χ0n) is 14.1. The quantitative estimate of drug-likeness (QED) is 0.600. The summed E-state index contributed by atoms with van der Waals surface area (Å²) in [5.74, 6) is -0.199. The molecule has 25 heavy (non-hydrogen) atoms. The van der Waals surface area contributed by atoms with Gasteiger partial charge in [-0.05, 0) is 67.9 Å². The summed E-state index contributed by atoms with van der Waals surface area (Å²) in [7, 11) is 0. The first-order chi connectivity index (χ1) is 12.1. The maximum Gasteiger partial charge on any atom is 0.235 e. The summed E-state index contributed by atoms with van der Waals surface area (Å²) in [5, 5.41) is 23.2. The minimum absolute atomic E-state index is 0.106. The Morgan fingerprint density at radius 1 is 1.08 bits per heavy atom. The van der Waals surface area contributed by atoms with Crippen LogP contribution in [-0.4, -0.2) is 23.3 Å². The van der Waals surface area contributed by atoms with Crippen molar-refractivity contribution < 1.29 is 14.6 Å². The van der Waals surface area contributed by atoms with Crippen molar-refractivity contribution in [2.24, 2.45) is 0 Å². The van der Waals surface area contributed by atoms with E-state index in [2.05, 4.69) is 12.2 Å². The summed E-state index contributed by atoms with van der Waals surface area (Å²) in [5.41, 5.74) is 1.61. The Labute approximate surface area is 145 Å². The van der Waals surface area contributed by atoms with Crippen LogP contribution in [-0.2, 0) is 6.42 Å². The number of phenolic OH excluding ortho intramolecular Hbond substituents is 1. The number of phenols is 1. The summed E-state index contributed by atoms with van der Waals surface area (Å²) in [6.07, 6.45) is 1.87. The molecule has 1 aromatic heterocycles. The second-order valence-electron chi connectivity index (χ2n) is 5.94. The average Bonchev–Trinajstić information content (AvgIpc) is 2.62. The van der Waals surface area contributed by atoms with Gasteiger partial charge in [0, 0.05) is 5.56 Å². The van der Waals surface area contributed by atoms with Gasteiger partial charge in [-0.1, -0.05) is 13.0 Å². The van der Waals surface area contributed by atoms with E-state index in [1.54, 1.807) is 18.2 Å². The highest BCUT2D eigenvalue weighted by Gasteiger charge is 2.15. The van der Waals surface area contributed by atoms with Crippen molar-refractivity contribution in [1.29, 1.82) is 0 Å². The van der Waals surface area contributed by atoms with Gasteiger partial charge in [0.05, 0.1) is 5.39 Å². The molecule has 5 nitrogen and oxygen atoms in total. The van der Waals surface area contributed by atoms with Crippen molar-refractivity contribution in [3.8, 4) is 22.8 Å². The molecule has 3 rings (SSSR count). The maximum atomic E-state index is 12.4. The van der Waals surface area contributed by atoms with Crippen molar-refractivity contribution in [3.05, 3.63) is 58.3 Å². The van der Waals surface area contributed by atoms with Gasteiger partial charge >= 0.3 is 0 Å². The molecule has 2 aromatic carbocycles. The number of rotatable bonds is 6. The lowest BCUT2D eigenvalue weighted by molar-refractivity contribution is 0.449. The predicted molar refractivity (Wildman–Crippen MR) is 98.1 cm³/mol. The minimum atomic E-state index is -0.455. The first kappa shape index (κ1) is 17.0. The van der Waals surface area contributed by atoms with Crippen molar-refractivity contribution in [3.63, 3.8) is 0 Å². The third-order valence-electron chi connectivity index (χ3n) is 4.13. The van der Waals surface area contributed by atoms with Crippen LogP contribution in [0.5, 0.6) is 11.5 Å². The largest absolute Gasteiger partial charge is 0.508 e. The number of hydrogen-bond donors (Lipinski definition) is 3. The van der Waals surface area contributed by atoms with Crippen LogP contribution in [0.2, 0.25) is 0 Å². The molecule has 0 aliphatic heterocycles. The van der Waals surface area contributed by atoms with Crippen molar-refractivity contribution in [2.45, 2.75) is 19.8 Å². The molecule has 3 aromatic rings. The van der Waals surface area contributed by atoms with Gasteiger partial charge in [0.25, 0.3) is 0 Å². The molecule has 0 radical (unpaired) electrons. The Morgan fingerprint density at radius 3 is 2.56 bits per heavy atom. The van der Waals surface area contributed by atoms with E-state index in [1.807, 2.05) is 12.1 Å². The first-order valence-electron chi connectivity index (χ1n) is 8.39. The van der Waals surface area contributed by atoms with Crippen molar-refractivity contribution >= 4 is 11.0 Å². The average molecular weight is 339 g/mol. The maximum absolute atomic E-state index is 12.4. The van der Waals surface area contributed by atoms with Gasteiger partial charge in [-0.15, -0.1) is 0 Å². The second-order valence-corrected chi connectivity index (χ2v) is 5.94. The lowest BCUT2D eigenvalue weighted by Gasteiger charge is -2.08. The van der Waals surface area contributed by atoms with Crippen LogP contribution in [0.1, 0.15) is 18.9 Å². The Hall–Kier alpha value is -2.79. The molecule has 0 fully saturated rings. The highest BCUT2D eigenvalue weighted by molar-refractivity contribution is 5.82. The Balaban J connectivity index is 2.00. The summed E-state index contributed by atoms with van der Waals surface area (Å²) >= 11 is 0. The highest BCUT2D eigenvalue weighted by atomic mass is 16.4. The monoisotopic (exact) mass is 339 g/mol. The summed E-state index contributed by atoms with van der Waals surface area (Å²) in [4.78, 5) is 12.4. The fourth-order valence-corrected chi connectivity index (χ4v) is 2.79. The van der Waals surface area contributed by atoms with Crippen LogP contribution in [0.15, 0.2) is 51.7 Å². The zero-order chi connectivity index (χ0) is 17.8. The smallest absolute Gasteiger partial charge is 0.235 e. The van der Waals surface area contributed by atoms with E-state index < -0.39 is 11.2 Å². The van der Waals surface area contributed by atoms with Crippen LogP contribution in [0.3, 0.4) is 0 Å². The molecule has 5 heteroatoms. The molecule has 0 saturated heterocycles. The molecule has 0 spiro atoms. The molecular formula is C20H21NO4. The molecule has 0 saturated carbocycles. The number of aromatic hydroxyl groups is 2. The van der Waals surface area contributed by atoms with Gasteiger partial charge in [0.1, 0.15) is 11.3 Å². The number of aryl methyl sites for hydroxylation is 1. The summed E-state index contributed by atoms with van der Waals surface area (Å²) in [6, 6.07) is 11.6. The molecule has 130 valence electrons. The Bertz CT molecular complexity index is 929. The van der Waals surface area contributed by atoms with Gasteiger partial charge in [-0.25, -0.2) is 0 Å². The number of hydrogen-bond acceptors (Lipinski definition) is 5. The molecule has 0 amide bonds. The van der Waals surface area contributed by atoms with Gasteiger partial charge in [-0.2, -0.15) is 0 Å². The van der Waals surface area contributed by atoms with E-state index in [4.69, 9.17) is 4.42 Å². The molecule has 0 aliphatic carbocycles. The summed E-state index contributed by atoms with van der Waals surface area (Å²) < 4.78 is 5.82. The Kier molecular flexibility index (Phi) is 5.05. The van der Waals surface area contributed by atoms with E-state index in [0.717, 1.165) is 31.5 Å². The fraction of sp³-hybridized carbons (Fsp3) is 0.250. The van der Waals surface area contributed by atoms with Gasteiger partial charge < -0.3 is 19.9 Å². The van der Waals surface area contributed by atoms with E-state index in [1.165, 1.54) is 12.1 Å². The lowest BCUT2D eigenvalue weighted by Crippen LogP contribution is -2.14. The molecule has 1 heterocycles. The molecule has 0 unspecified atom stereocenters. The van der Waals surface area contributed by atoms with Crippen LogP contribution in [0, 0.1) is 0 Å². The van der Waals surface area contributed by atoms with Gasteiger partial charge in [0.15, 0.2) is 5.76 Å². The standard InChI is InChI=1S/C20H21NO4/c1-2-21-11-3-4-13-5-10-16-17(12-13)25-20(19(24)18(16)23)14-6-8-15(22)9-7-14/h5-10,12,21-22,24H,2-4,11H2,1H3. The SMILES string of the molecule is CCNCCCc1ccc2c(=O)c(O)c(-c3ccc(O)cc3)oc2c1. The van der Waals surface area contributed by atoms with Crippen LogP contribution < -0.4 is 10.7 Å². The number of fused-ring (bicyclic) bond motifs is 1. The van der Waals surface area contributed by atoms with Gasteiger partial charge in [-0.3, -0.25) is 4.79 Å². The minimum Gasteiger partial charge on any atom is -0.508 e. The molecular weight excluding hydrogens is 318 g/mol. The zero-order valence-corrected chi connectivity index (χ0v) is 14.1. The van der Waals surface area contributed by atoms with Crippen molar-refractivity contribution in [1.82, 2.24) is 5.32 Å². The van der Waals surface area contributed by atoms with E-state index in [0.29, 0.717) is 16.5 Å². The predicted octanol–water partition coefficient (Wildman–Crippen LogP) is 3.41. The van der Waals surface area contributed by atoms with Crippen LogP contribution >= 0.6 is 0 Å². The van der Waals surface area contributed by atoms with Crippen LogP contribution in [0.25, 0.3) is 22.3 Å². The third-order valence-corrected chi connectivity index (χ3v) is 4.13. The first-order valence-corrected chi connectivity index (χ1v) is 8.39. The summed E-state index contributed by atoms with van der Waals surface area (Å²) in [6.45, 7) is 3.96. The molecule has 0 aliphatic rings. The van der Waals surface area contributed by atoms with E-state index in [-0.39, 0.29) is 11.5 Å². The fourth-order valence-electron chi connectivity index (χ4n) is 2.79. The lowest BCUT2D eigenvalue weighted by atomic mass is 10.1. The van der Waals surface area contributed by atoms with Crippen molar-refractivity contribution in [2.75, 3.05) is 13.1 Å².